The number of aliphatic hydroxyl groups excluding tert-OH is 2. The zero-order valence-electron chi connectivity index (χ0n) is 45.9. The number of hydrogen-bond acceptors (Lipinski definition) is 5. The second kappa shape index (κ2) is 57.9. The van der Waals surface area contributed by atoms with E-state index in [0.29, 0.717) is 25.9 Å². The summed E-state index contributed by atoms with van der Waals surface area (Å²) in [5.41, 5.74) is 0. The number of nitrogens with one attached hydrogen (secondary N) is 1. The SMILES string of the molecule is CCCCCCCCC/C=C\CCCCCCCC(=O)OCCCC/C=C\CCCCCCC(=O)NC(CO)C(O)CCCCCCCCCCCCCCCCCCCCCCCCCCC. The third-order valence-corrected chi connectivity index (χ3v) is 14.2. The number of carbonyl (C=O) groups excluding carboxylic acids is 2. The van der Waals surface area contributed by atoms with E-state index in [-0.39, 0.29) is 18.5 Å². The minimum absolute atomic E-state index is 0.0426. The van der Waals surface area contributed by atoms with Crippen LogP contribution in [0.5, 0.6) is 0 Å². The summed E-state index contributed by atoms with van der Waals surface area (Å²) in [4.78, 5) is 24.6. The smallest absolute Gasteiger partial charge is 0.305 e. The van der Waals surface area contributed by atoms with Gasteiger partial charge in [0.15, 0.2) is 0 Å². The molecule has 0 bridgehead atoms. The lowest BCUT2D eigenvalue weighted by Gasteiger charge is -2.22. The molecule has 0 aromatic heterocycles. The third kappa shape index (κ3) is 53.7. The quantitative estimate of drug-likeness (QED) is 0.0321. The molecular weight excluding hydrogens is 839 g/mol. The Balaban J connectivity index is 3.49. The van der Waals surface area contributed by atoms with E-state index in [2.05, 4.69) is 43.5 Å². The van der Waals surface area contributed by atoms with Crippen molar-refractivity contribution in [3.8, 4) is 0 Å². The molecule has 402 valence electrons. The highest BCUT2D eigenvalue weighted by Gasteiger charge is 2.20. The van der Waals surface area contributed by atoms with Crippen LogP contribution in [0.3, 0.4) is 0 Å². The first-order chi connectivity index (χ1) is 33.5. The molecule has 0 saturated heterocycles. The lowest BCUT2D eigenvalue weighted by Crippen LogP contribution is -2.45. The monoisotopic (exact) mass is 958 g/mol. The lowest BCUT2D eigenvalue weighted by atomic mass is 10.0. The van der Waals surface area contributed by atoms with Crippen molar-refractivity contribution in [1.29, 1.82) is 0 Å². The van der Waals surface area contributed by atoms with Crippen LogP contribution in [-0.4, -0.2) is 47.4 Å². The molecule has 0 rings (SSSR count). The van der Waals surface area contributed by atoms with E-state index >= 15 is 0 Å². The molecule has 0 aromatic carbocycles. The Labute approximate surface area is 424 Å². The maximum absolute atomic E-state index is 12.5. The van der Waals surface area contributed by atoms with Gasteiger partial charge >= 0.3 is 5.97 Å². The fourth-order valence-corrected chi connectivity index (χ4v) is 9.51. The topological polar surface area (TPSA) is 95.9 Å². The largest absolute Gasteiger partial charge is 0.466 e. The highest BCUT2D eigenvalue weighted by molar-refractivity contribution is 5.76. The summed E-state index contributed by atoms with van der Waals surface area (Å²) >= 11 is 0. The molecule has 1 amide bonds. The maximum Gasteiger partial charge on any atom is 0.305 e. The summed E-state index contributed by atoms with van der Waals surface area (Å²) in [5.74, 6) is -0.110. The molecule has 6 nitrogen and oxygen atoms in total. The first-order valence-corrected chi connectivity index (χ1v) is 30.6. The average molecular weight is 959 g/mol. The number of allylic oxidation sites excluding steroid dienone is 4. The molecule has 68 heavy (non-hydrogen) atoms. The Morgan fingerprint density at radius 1 is 0.397 bits per heavy atom. The Bertz CT molecular complexity index is 1060. The van der Waals surface area contributed by atoms with Crippen LogP contribution in [0.15, 0.2) is 24.3 Å². The number of carbonyl (C=O) groups is 2. The van der Waals surface area contributed by atoms with E-state index in [1.165, 1.54) is 225 Å². The van der Waals surface area contributed by atoms with Gasteiger partial charge in [-0.05, 0) is 77.0 Å². The normalized spacial score (nSPS) is 12.7. The van der Waals surface area contributed by atoms with Gasteiger partial charge in [-0.2, -0.15) is 0 Å². The molecular formula is C62H119NO5. The molecule has 2 unspecified atom stereocenters. The van der Waals surface area contributed by atoms with E-state index in [1.54, 1.807) is 0 Å². The molecule has 0 spiro atoms. The zero-order chi connectivity index (χ0) is 49.3. The van der Waals surface area contributed by atoms with Crippen LogP contribution >= 0.6 is 0 Å². The summed E-state index contributed by atoms with van der Waals surface area (Å²) in [6, 6.07) is -0.569. The number of ether oxygens (including phenoxy) is 1. The Morgan fingerprint density at radius 2 is 0.691 bits per heavy atom. The van der Waals surface area contributed by atoms with Crippen molar-refractivity contribution >= 4 is 11.9 Å². The van der Waals surface area contributed by atoms with Crippen molar-refractivity contribution in [3.05, 3.63) is 24.3 Å². The molecule has 2 atom stereocenters. The number of aliphatic hydroxyl groups is 2. The van der Waals surface area contributed by atoms with E-state index < -0.39 is 12.1 Å². The molecule has 0 fully saturated rings. The number of esters is 1. The van der Waals surface area contributed by atoms with Crippen LogP contribution < -0.4 is 5.32 Å². The van der Waals surface area contributed by atoms with E-state index in [0.717, 1.165) is 77.0 Å². The number of hydrogen-bond donors (Lipinski definition) is 3. The highest BCUT2D eigenvalue weighted by atomic mass is 16.5. The second-order valence-corrected chi connectivity index (χ2v) is 21.0. The van der Waals surface area contributed by atoms with Crippen LogP contribution in [0.1, 0.15) is 335 Å². The van der Waals surface area contributed by atoms with Gasteiger partial charge < -0.3 is 20.3 Å². The number of unbranched alkanes of at least 4 members (excludes halogenated alkanes) is 42. The summed E-state index contributed by atoms with van der Waals surface area (Å²) in [5, 5.41) is 23.3. The summed E-state index contributed by atoms with van der Waals surface area (Å²) in [6.07, 6.45) is 70.4. The second-order valence-electron chi connectivity index (χ2n) is 21.0. The van der Waals surface area contributed by atoms with Crippen molar-refractivity contribution in [1.82, 2.24) is 5.32 Å². The number of rotatable bonds is 57. The van der Waals surface area contributed by atoms with Gasteiger partial charge in [-0.15, -0.1) is 0 Å². The van der Waals surface area contributed by atoms with E-state index in [1.807, 2.05) is 0 Å². The lowest BCUT2D eigenvalue weighted by molar-refractivity contribution is -0.143. The van der Waals surface area contributed by atoms with Crippen molar-refractivity contribution in [2.75, 3.05) is 13.2 Å². The third-order valence-electron chi connectivity index (χ3n) is 14.2. The average Bonchev–Trinajstić information content (AvgIpc) is 3.34. The van der Waals surface area contributed by atoms with E-state index in [9.17, 15) is 19.8 Å². The van der Waals surface area contributed by atoms with Gasteiger partial charge in [-0.3, -0.25) is 9.59 Å². The van der Waals surface area contributed by atoms with Crippen molar-refractivity contribution < 1.29 is 24.5 Å². The minimum atomic E-state index is -0.688. The molecule has 6 heteroatoms. The summed E-state index contributed by atoms with van der Waals surface area (Å²) in [6.45, 7) is 4.88. The molecule has 0 heterocycles. The van der Waals surface area contributed by atoms with Gasteiger partial charge in [0.1, 0.15) is 0 Å². The van der Waals surface area contributed by atoms with Crippen molar-refractivity contribution in [2.45, 2.75) is 347 Å². The Hall–Kier alpha value is -1.66. The molecule has 3 N–H and O–H groups in total. The fraction of sp³-hybridized carbons (Fsp3) is 0.903. The zero-order valence-corrected chi connectivity index (χ0v) is 45.9. The van der Waals surface area contributed by atoms with Crippen LogP contribution in [0.2, 0.25) is 0 Å². The predicted molar refractivity (Wildman–Crippen MR) is 296 cm³/mol. The maximum atomic E-state index is 12.5. The van der Waals surface area contributed by atoms with Crippen LogP contribution in [-0.2, 0) is 14.3 Å². The minimum Gasteiger partial charge on any atom is -0.466 e. The van der Waals surface area contributed by atoms with Gasteiger partial charge in [-0.25, -0.2) is 0 Å². The van der Waals surface area contributed by atoms with Gasteiger partial charge in [0.2, 0.25) is 5.91 Å². The van der Waals surface area contributed by atoms with Crippen molar-refractivity contribution in [2.24, 2.45) is 0 Å². The molecule has 0 aliphatic rings. The highest BCUT2D eigenvalue weighted by Crippen LogP contribution is 2.18. The Kier molecular flexibility index (Phi) is 56.5. The summed E-state index contributed by atoms with van der Waals surface area (Å²) < 4.78 is 5.44. The molecule has 0 aliphatic carbocycles. The molecule has 0 aliphatic heterocycles. The fourth-order valence-electron chi connectivity index (χ4n) is 9.51. The van der Waals surface area contributed by atoms with Crippen LogP contribution in [0, 0.1) is 0 Å². The number of amides is 1. The predicted octanol–water partition coefficient (Wildman–Crippen LogP) is 19.0. The first-order valence-electron chi connectivity index (χ1n) is 30.6. The Morgan fingerprint density at radius 3 is 1.04 bits per heavy atom. The van der Waals surface area contributed by atoms with Crippen LogP contribution in [0.4, 0.5) is 0 Å². The molecule has 0 radical (unpaired) electrons. The van der Waals surface area contributed by atoms with Crippen LogP contribution in [0.25, 0.3) is 0 Å². The van der Waals surface area contributed by atoms with Gasteiger partial charge in [0, 0.05) is 12.8 Å². The summed E-state index contributed by atoms with van der Waals surface area (Å²) in [7, 11) is 0. The molecule has 0 aromatic rings. The van der Waals surface area contributed by atoms with E-state index in [4.69, 9.17) is 4.74 Å². The van der Waals surface area contributed by atoms with Crippen molar-refractivity contribution in [3.63, 3.8) is 0 Å². The van der Waals surface area contributed by atoms with Gasteiger partial charge in [0.25, 0.3) is 0 Å². The molecule has 0 saturated carbocycles. The first kappa shape index (κ1) is 66.3. The standard InChI is InChI=1S/C62H119NO5/c1-3-5-7-9-11-13-15-17-19-21-22-23-24-25-26-27-28-29-30-32-34-38-42-46-50-54-60(65)59(58-64)63-61(66)55-51-47-43-39-36-37-41-45-49-53-57-68-62(67)56-52-48-44-40-35-33-31-20-18-16-14-12-10-8-6-4-2/h20,31,37,41,59-60,64-65H,3-19,21-30,32-36,38-40,42-58H2,1-2H3,(H,63,66)/b31-20-,41-37-. The van der Waals surface area contributed by atoms with Gasteiger partial charge in [-0.1, -0.05) is 269 Å². The van der Waals surface area contributed by atoms with Gasteiger partial charge in [0.05, 0.1) is 25.4 Å².